The molecule has 1 aliphatic carbocycles. The first-order chi connectivity index (χ1) is 8.47. The van der Waals surface area contributed by atoms with Crippen LogP contribution < -0.4 is 0 Å². The van der Waals surface area contributed by atoms with Crippen molar-refractivity contribution in [1.82, 2.24) is 4.98 Å². The molecule has 0 unspecified atom stereocenters. The molecule has 0 aliphatic heterocycles. The molecule has 1 nitrogen and oxygen atoms in total. The Morgan fingerprint density at radius 2 is 1.94 bits per heavy atom. The van der Waals surface area contributed by atoms with E-state index in [2.05, 4.69) is 39.0 Å². The van der Waals surface area contributed by atoms with E-state index in [-0.39, 0.29) is 5.41 Å². The van der Waals surface area contributed by atoms with Crippen LogP contribution in [0.3, 0.4) is 0 Å². The summed E-state index contributed by atoms with van der Waals surface area (Å²) in [7, 11) is 0. The summed E-state index contributed by atoms with van der Waals surface area (Å²) < 4.78 is 0. The van der Waals surface area contributed by atoms with Gasteiger partial charge in [-0.2, -0.15) is 0 Å². The molecule has 0 radical (unpaired) electrons. The van der Waals surface area contributed by atoms with E-state index in [1.807, 2.05) is 0 Å². The van der Waals surface area contributed by atoms with Crippen LogP contribution in [0.15, 0.2) is 18.2 Å². The van der Waals surface area contributed by atoms with Crippen molar-refractivity contribution < 1.29 is 0 Å². The van der Waals surface area contributed by atoms with Crippen LogP contribution in [0, 0.1) is 0 Å². The van der Waals surface area contributed by atoms with Crippen molar-refractivity contribution in [2.45, 2.75) is 45.4 Å². The lowest BCUT2D eigenvalue weighted by molar-refractivity contribution is 0.591. The van der Waals surface area contributed by atoms with E-state index in [4.69, 9.17) is 16.6 Å². The van der Waals surface area contributed by atoms with Crippen molar-refractivity contribution in [2.75, 3.05) is 0 Å². The van der Waals surface area contributed by atoms with Crippen LogP contribution in [0.5, 0.6) is 0 Å². The summed E-state index contributed by atoms with van der Waals surface area (Å²) in [6, 6.07) is 6.50. The van der Waals surface area contributed by atoms with Crippen LogP contribution in [-0.4, -0.2) is 4.98 Å². The first kappa shape index (κ1) is 12.0. The van der Waals surface area contributed by atoms with Gasteiger partial charge in [-0.3, -0.25) is 4.98 Å². The van der Waals surface area contributed by atoms with E-state index in [1.165, 1.54) is 23.2 Å². The third kappa shape index (κ3) is 1.81. The number of pyridine rings is 1. The molecule has 0 saturated heterocycles. The summed E-state index contributed by atoms with van der Waals surface area (Å²) in [5, 5.41) is 2.04. The predicted molar refractivity (Wildman–Crippen MR) is 77.5 cm³/mol. The van der Waals surface area contributed by atoms with E-state index in [1.54, 1.807) is 0 Å². The highest BCUT2D eigenvalue weighted by Gasteiger charge is 2.20. The number of hydrogen-bond acceptors (Lipinski definition) is 1. The number of aromatic nitrogens is 1. The second kappa shape index (κ2) is 3.96. The van der Waals surface area contributed by atoms with Gasteiger partial charge in [-0.25, -0.2) is 0 Å². The zero-order chi connectivity index (χ0) is 12.9. The fourth-order valence-corrected chi connectivity index (χ4v) is 3.03. The molecule has 0 saturated carbocycles. The van der Waals surface area contributed by atoms with Crippen LogP contribution in [0.2, 0.25) is 5.02 Å². The zero-order valence-electron chi connectivity index (χ0n) is 11.2. The fourth-order valence-electron chi connectivity index (χ4n) is 2.67. The maximum absolute atomic E-state index is 6.57. The normalized spacial score (nSPS) is 15.1. The third-order valence-electron chi connectivity index (χ3n) is 3.81. The molecular weight excluding hydrogens is 242 g/mol. The Morgan fingerprint density at radius 3 is 2.67 bits per heavy atom. The van der Waals surface area contributed by atoms with Gasteiger partial charge in [0, 0.05) is 11.1 Å². The SMILES string of the molecule is CC(C)(C)c1ccc2nc3c(c(Cl)c2c1)CCC3. The molecule has 1 aliphatic rings. The lowest BCUT2D eigenvalue weighted by Crippen LogP contribution is -2.10. The van der Waals surface area contributed by atoms with E-state index < -0.39 is 0 Å². The summed E-state index contributed by atoms with van der Waals surface area (Å²) in [5.74, 6) is 0. The van der Waals surface area contributed by atoms with E-state index in [0.29, 0.717) is 0 Å². The molecule has 0 fully saturated rings. The molecule has 1 aromatic carbocycles. The fraction of sp³-hybridized carbons (Fsp3) is 0.438. The maximum Gasteiger partial charge on any atom is 0.0720 e. The highest BCUT2D eigenvalue weighted by atomic mass is 35.5. The Balaban J connectivity index is 2.28. The van der Waals surface area contributed by atoms with E-state index in [9.17, 15) is 0 Å². The molecule has 2 heteroatoms. The Kier molecular flexibility index (Phi) is 2.63. The lowest BCUT2D eigenvalue weighted by atomic mass is 9.86. The van der Waals surface area contributed by atoms with Crippen molar-refractivity contribution in [3.8, 4) is 0 Å². The van der Waals surface area contributed by atoms with Gasteiger partial charge in [-0.1, -0.05) is 38.4 Å². The molecule has 2 aromatic rings. The Hall–Kier alpha value is -1.08. The van der Waals surface area contributed by atoms with Gasteiger partial charge >= 0.3 is 0 Å². The molecule has 0 atom stereocenters. The topological polar surface area (TPSA) is 12.9 Å². The molecule has 1 heterocycles. The monoisotopic (exact) mass is 259 g/mol. The average molecular weight is 260 g/mol. The van der Waals surface area contributed by atoms with Crippen molar-refractivity contribution in [2.24, 2.45) is 0 Å². The number of hydrogen-bond donors (Lipinski definition) is 0. The Labute approximate surface area is 113 Å². The number of fused-ring (bicyclic) bond motifs is 2. The molecule has 0 N–H and O–H groups in total. The summed E-state index contributed by atoms with van der Waals surface area (Å²) in [4.78, 5) is 4.76. The lowest BCUT2D eigenvalue weighted by Gasteiger charge is -2.20. The minimum absolute atomic E-state index is 0.149. The zero-order valence-corrected chi connectivity index (χ0v) is 11.9. The highest BCUT2D eigenvalue weighted by Crippen LogP contribution is 2.35. The predicted octanol–water partition coefficient (Wildman–Crippen LogP) is 4.67. The smallest absolute Gasteiger partial charge is 0.0720 e. The van der Waals surface area contributed by atoms with Gasteiger partial charge in [0.2, 0.25) is 0 Å². The molecule has 0 spiro atoms. The number of benzene rings is 1. The Bertz CT molecular complexity index is 623. The second-order valence-electron chi connectivity index (χ2n) is 6.19. The van der Waals surface area contributed by atoms with Crippen LogP contribution >= 0.6 is 11.6 Å². The summed E-state index contributed by atoms with van der Waals surface area (Å²) in [6.45, 7) is 6.68. The van der Waals surface area contributed by atoms with Gasteiger partial charge in [0.1, 0.15) is 0 Å². The minimum atomic E-state index is 0.149. The van der Waals surface area contributed by atoms with Crippen molar-refractivity contribution in [3.05, 3.63) is 40.0 Å². The summed E-state index contributed by atoms with van der Waals surface area (Å²) >= 11 is 6.57. The quantitative estimate of drug-likeness (QED) is 0.670. The second-order valence-corrected chi connectivity index (χ2v) is 6.56. The summed E-state index contributed by atoms with van der Waals surface area (Å²) in [6.07, 6.45) is 3.34. The molecule has 18 heavy (non-hydrogen) atoms. The molecule has 0 amide bonds. The van der Waals surface area contributed by atoms with Crippen LogP contribution in [0.25, 0.3) is 10.9 Å². The van der Waals surface area contributed by atoms with Crippen molar-refractivity contribution >= 4 is 22.5 Å². The van der Waals surface area contributed by atoms with Gasteiger partial charge in [0.25, 0.3) is 0 Å². The number of rotatable bonds is 0. The van der Waals surface area contributed by atoms with Gasteiger partial charge in [0.05, 0.1) is 10.5 Å². The van der Waals surface area contributed by atoms with Crippen LogP contribution in [0.4, 0.5) is 0 Å². The third-order valence-corrected chi connectivity index (χ3v) is 4.24. The standard InChI is InChI=1S/C16H18ClN/c1-16(2,3)10-7-8-14-12(9-10)15(17)11-5-4-6-13(11)18-14/h7-9H,4-6H2,1-3H3. The average Bonchev–Trinajstić information content (AvgIpc) is 2.76. The molecule has 1 aromatic heterocycles. The number of nitrogens with zero attached hydrogens (tertiary/aromatic N) is 1. The molecular formula is C16H18ClN. The molecule has 94 valence electrons. The van der Waals surface area contributed by atoms with Gasteiger partial charge < -0.3 is 0 Å². The molecule has 0 bridgehead atoms. The van der Waals surface area contributed by atoms with Gasteiger partial charge in [-0.05, 0) is 47.9 Å². The van der Waals surface area contributed by atoms with Crippen LogP contribution in [-0.2, 0) is 18.3 Å². The van der Waals surface area contributed by atoms with Crippen LogP contribution in [0.1, 0.15) is 44.0 Å². The van der Waals surface area contributed by atoms with E-state index in [0.717, 1.165) is 28.8 Å². The number of halogens is 1. The highest BCUT2D eigenvalue weighted by molar-refractivity contribution is 6.36. The Morgan fingerprint density at radius 1 is 1.17 bits per heavy atom. The van der Waals surface area contributed by atoms with Gasteiger partial charge in [-0.15, -0.1) is 0 Å². The first-order valence-electron chi connectivity index (χ1n) is 6.58. The van der Waals surface area contributed by atoms with Crippen molar-refractivity contribution in [1.29, 1.82) is 0 Å². The first-order valence-corrected chi connectivity index (χ1v) is 6.96. The van der Waals surface area contributed by atoms with Crippen molar-refractivity contribution in [3.63, 3.8) is 0 Å². The maximum atomic E-state index is 6.57. The molecule has 3 rings (SSSR count). The minimum Gasteiger partial charge on any atom is -0.252 e. The van der Waals surface area contributed by atoms with Gasteiger partial charge in [0.15, 0.2) is 0 Å². The summed E-state index contributed by atoms with van der Waals surface area (Å²) in [5.41, 5.74) is 4.98. The number of aryl methyl sites for hydroxylation is 1. The largest absolute Gasteiger partial charge is 0.252 e. The van der Waals surface area contributed by atoms with E-state index >= 15 is 0 Å².